The number of hydrogen-bond donors (Lipinski definition) is 1. The van der Waals surface area contributed by atoms with Gasteiger partial charge in [0.05, 0.1) is 0 Å². The first-order chi connectivity index (χ1) is 14.0. The van der Waals surface area contributed by atoms with Gasteiger partial charge in [0.1, 0.15) is 12.4 Å². The van der Waals surface area contributed by atoms with Gasteiger partial charge in [0.25, 0.3) is 5.78 Å². The van der Waals surface area contributed by atoms with E-state index >= 15 is 0 Å². The molecule has 8 heteroatoms. The van der Waals surface area contributed by atoms with Crippen molar-refractivity contribution in [3.05, 3.63) is 52.6 Å². The summed E-state index contributed by atoms with van der Waals surface area (Å²) in [6.07, 6.45) is 4.98. The van der Waals surface area contributed by atoms with E-state index in [0.29, 0.717) is 17.4 Å². The molecule has 1 aromatic carbocycles. The highest BCUT2D eigenvalue weighted by atomic mass is 16.2. The Morgan fingerprint density at radius 1 is 1.24 bits per heavy atom. The van der Waals surface area contributed by atoms with E-state index in [-0.39, 0.29) is 18.1 Å². The van der Waals surface area contributed by atoms with Gasteiger partial charge in [-0.05, 0) is 48.9 Å². The summed E-state index contributed by atoms with van der Waals surface area (Å²) in [6.45, 7) is 6.06. The Kier molecular flexibility index (Phi) is 5.33. The third-order valence-electron chi connectivity index (χ3n) is 5.36. The molecule has 29 heavy (non-hydrogen) atoms. The van der Waals surface area contributed by atoms with Crippen molar-refractivity contribution < 1.29 is 4.79 Å². The maximum Gasteiger partial charge on any atom is 0.352 e. The van der Waals surface area contributed by atoms with Crippen LogP contribution in [0.15, 0.2) is 41.3 Å². The quantitative estimate of drug-likeness (QED) is 0.718. The van der Waals surface area contributed by atoms with E-state index in [4.69, 9.17) is 0 Å². The first-order valence-corrected chi connectivity index (χ1v) is 10.1. The third kappa shape index (κ3) is 4.16. The Balaban J connectivity index is 1.50. The number of hydrogen-bond acceptors (Lipinski definition) is 5. The molecule has 3 heterocycles. The maximum atomic E-state index is 12.6. The highest BCUT2D eigenvalue weighted by molar-refractivity contribution is 5.90. The molecule has 0 aliphatic carbocycles. The van der Waals surface area contributed by atoms with Crippen molar-refractivity contribution in [1.29, 1.82) is 0 Å². The summed E-state index contributed by atoms with van der Waals surface area (Å²) in [6, 6.07) is 9.50. The number of aryl methyl sites for hydroxylation is 1. The smallest absolute Gasteiger partial charge is 0.352 e. The number of aromatic nitrogens is 4. The van der Waals surface area contributed by atoms with Crippen LogP contribution in [0.4, 0.5) is 11.5 Å². The zero-order valence-electron chi connectivity index (χ0n) is 16.8. The highest BCUT2D eigenvalue weighted by Gasteiger charge is 2.19. The maximum absolute atomic E-state index is 12.6. The van der Waals surface area contributed by atoms with Gasteiger partial charge >= 0.3 is 5.69 Å². The molecule has 1 saturated heterocycles. The lowest BCUT2D eigenvalue weighted by Crippen LogP contribution is -2.34. The average Bonchev–Trinajstić information content (AvgIpc) is 3.03. The lowest BCUT2D eigenvalue weighted by atomic mass is 10.0. The predicted octanol–water partition coefficient (Wildman–Crippen LogP) is 2.33. The summed E-state index contributed by atoms with van der Waals surface area (Å²) in [7, 11) is 0. The van der Waals surface area contributed by atoms with Gasteiger partial charge in [-0.25, -0.2) is 13.9 Å². The van der Waals surface area contributed by atoms with Gasteiger partial charge in [-0.15, -0.1) is 5.10 Å². The van der Waals surface area contributed by atoms with Crippen LogP contribution in [0.1, 0.15) is 32.3 Å². The van der Waals surface area contributed by atoms with Crippen LogP contribution in [0, 0.1) is 5.92 Å². The normalized spacial score (nSPS) is 16.9. The summed E-state index contributed by atoms with van der Waals surface area (Å²) in [4.78, 5) is 31.7. The van der Waals surface area contributed by atoms with Gasteiger partial charge in [-0.3, -0.25) is 4.79 Å². The van der Waals surface area contributed by atoms with Crippen LogP contribution >= 0.6 is 0 Å². The molecule has 1 N–H and O–H groups in total. The van der Waals surface area contributed by atoms with Crippen LogP contribution in [0.3, 0.4) is 0 Å². The first-order valence-electron chi connectivity index (χ1n) is 10.1. The topological polar surface area (TPSA) is 84.5 Å². The number of benzene rings is 1. The van der Waals surface area contributed by atoms with E-state index in [0.717, 1.165) is 36.4 Å². The SMILES string of the molecule is CCc1ccc(NC(=O)Cn2nc3nc(N4CCC[C@H](C)C4)ccn3c2=O)cc1. The van der Waals surface area contributed by atoms with E-state index in [9.17, 15) is 9.59 Å². The Hall–Kier alpha value is -3.16. The van der Waals surface area contributed by atoms with Crippen LogP contribution in [-0.4, -0.2) is 38.2 Å². The number of piperidine rings is 1. The van der Waals surface area contributed by atoms with Crippen LogP contribution in [0.5, 0.6) is 0 Å². The number of anilines is 2. The Bertz CT molecular complexity index is 1070. The second-order valence-corrected chi connectivity index (χ2v) is 7.69. The molecule has 8 nitrogen and oxygen atoms in total. The molecule has 152 valence electrons. The molecular weight excluding hydrogens is 368 g/mol. The van der Waals surface area contributed by atoms with E-state index in [1.54, 1.807) is 6.20 Å². The molecular formula is C21H26N6O2. The van der Waals surface area contributed by atoms with Crippen LogP contribution < -0.4 is 15.9 Å². The number of carbonyl (C=O) groups is 1. The zero-order valence-corrected chi connectivity index (χ0v) is 16.8. The van der Waals surface area contributed by atoms with Crippen LogP contribution in [-0.2, 0) is 17.8 Å². The Morgan fingerprint density at radius 2 is 2.03 bits per heavy atom. The number of nitrogens with one attached hydrogen (secondary N) is 1. The molecule has 0 bridgehead atoms. The second-order valence-electron chi connectivity index (χ2n) is 7.69. The summed E-state index contributed by atoms with van der Waals surface area (Å²) >= 11 is 0. The number of carbonyl (C=O) groups excluding carboxylic acids is 1. The van der Waals surface area contributed by atoms with E-state index < -0.39 is 0 Å². The fourth-order valence-electron chi connectivity index (χ4n) is 3.73. The van der Waals surface area contributed by atoms with Crippen molar-refractivity contribution >= 4 is 23.2 Å². The first kappa shape index (κ1) is 19.2. The van der Waals surface area contributed by atoms with Crippen molar-refractivity contribution in [2.45, 2.75) is 39.7 Å². The Morgan fingerprint density at radius 3 is 2.76 bits per heavy atom. The van der Waals surface area contributed by atoms with Crippen molar-refractivity contribution in [2.24, 2.45) is 5.92 Å². The molecule has 1 atom stereocenters. The molecule has 1 amide bonds. The van der Waals surface area contributed by atoms with Crippen LogP contribution in [0.25, 0.3) is 5.78 Å². The van der Waals surface area contributed by atoms with Gasteiger partial charge in [0, 0.05) is 25.0 Å². The van der Waals surface area contributed by atoms with E-state index in [1.807, 2.05) is 30.3 Å². The molecule has 1 fully saturated rings. The molecule has 2 aromatic heterocycles. The van der Waals surface area contributed by atoms with Gasteiger partial charge in [-0.1, -0.05) is 26.0 Å². The molecule has 4 rings (SSSR count). The van der Waals surface area contributed by atoms with E-state index in [2.05, 4.69) is 34.1 Å². The minimum atomic E-state index is -0.373. The lowest BCUT2D eigenvalue weighted by molar-refractivity contribution is -0.117. The van der Waals surface area contributed by atoms with Gasteiger partial charge < -0.3 is 10.2 Å². The summed E-state index contributed by atoms with van der Waals surface area (Å²) in [5, 5.41) is 7.07. The van der Waals surface area contributed by atoms with Gasteiger partial charge in [0.15, 0.2) is 0 Å². The van der Waals surface area contributed by atoms with Crippen molar-refractivity contribution in [3.63, 3.8) is 0 Å². The predicted molar refractivity (Wildman–Crippen MR) is 112 cm³/mol. The monoisotopic (exact) mass is 394 g/mol. The Labute approximate surface area is 169 Å². The van der Waals surface area contributed by atoms with Gasteiger partial charge in [0.2, 0.25) is 5.91 Å². The standard InChI is InChI=1S/C21H26N6O2/c1-3-16-6-8-17(9-7-16)22-19(28)14-27-21(29)26-12-10-18(23-20(26)24-27)25-11-4-5-15(2)13-25/h6-10,12,15H,3-5,11,13-14H2,1-2H3,(H,22,28)/t15-/m0/s1. The molecule has 0 spiro atoms. The summed E-state index contributed by atoms with van der Waals surface area (Å²) < 4.78 is 2.53. The van der Waals surface area contributed by atoms with Crippen LogP contribution in [0.2, 0.25) is 0 Å². The highest BCUT2D eigenvalue weighted by Crippen LogP contribution is 2.21. The summed E-state index contributed by atoms with van der Waals surface area (Å²) in [5.41, 5.74) is 1.52. The third-order valence-corrected chi connectivity index (χ3v) is 5.36. The number of amides is 1. The van der Waals surface area contributed by atoms with Crippen molar-refractivity contribution in [1.82, 2.24) is 19.2 Å². The fourth-order valence-corrected chi connectivity index (χ4v) is 3.73. The van der Waals surface area contributed by atoms with E-state index in [1.165, 1.54) is 16.4 Å². The second kappa shape index (κ2) is 8.06. The molecule has 0 radical (unpaired) electrons. The molecule has 3 aromatic rings. The molecule has 1 aliphatic rings. The summed E-state index contributed by atoms with van der Waals surface area (Å²) in [5.74, 6) is 1.45. The number of fused-ring (bicyclic) bond motifs is 1. The zero-order chi connectivity index (χ0) is 20.4. The largest absolute Gasteiger partial charge is 0.356 e. The van der Waals surface area contributed by atoms with Crippen molar-refractivity contribution in [3.8, 4) is 0 Å². The lowest BCUT2D eigenvalue weighted by Gasteiger charge is -2.31. The minimum Gasteiger partial charge on any atom is -0.356 e. The average molecular weight is 394 g/mol. The number of rotatable bonds is 5. The molecule has 0 saturated carbocycles. The molecule has 1 aliphatic heterocycles. The van der Waals surface area contributed by atoms with Crippen molar-refractivity contribution in [2.75, 3.05) is 23.3 Å². The van der Waals surface area contributed by atoms with Gasteiger partial charge in [-0.2, -0.15) is 4.98 Å². The molecule has 0 unspecified atom stereocenters. The minimum absolute atomic E-state index is 0.159. The fraction of sp³-hybridized carbons (Fsp3) is 0.429. The number of nitrogens with zero attached hydrogens (tertiary/aromatic N) is 5.